The average molecular weight is 413 g/mol. The molecule has 0 aliphatic rings. The molecule has 3 aromatic rings. The van der Waals surface area contributed by atoms with E-state index in [0.29, 0.717) is 22.2 Å². The minimum atomic E-state index is -0.546. The molecule has 0 saturated heterocycles. The Hall–Kier alpha value is -2.73. The van der Waals surface area contributed by atoms with Crippen molar-refractivity contribution in [1.82, 2.24) is 9.88 Å². The Morgan fingerprint density at radius 3 is 2.58 bits per heavy atom. The highest BCUT2D eigenvalue weighted by Crippen LogP contribution is 2.27. The Kier molecular flexibility index (Phi) is 5.32. The van der Waals surface area contributed by atoms with E-state index in [1.54, 1.807) is 20.2 Å². The van der Waals surface area contributed by atoms with E-state index in [0.717, 1.165) is 10.0 Å². The highest BCUT2D eigenvalue weighted by Gasteiger charge is 2.17. The second-order valence-electron chi connectivity index (χ2n) is 5.95. The van der Waals surface area contributed by atoms with Crippen LogP contribution in [-0.4, -0.2) is 42.5 Å². The van der Waals surface area contributed by atoms with E-state index in [1.807, 2.05) is 48.5 Å². The summed E-state index contributed by atoms with van der Waals surface area (Å²) in [6, 6.07) is 16.8. The molecule has 132 valence electrons. The fourth-order valence-corrected chi connectivity index (χ4v) is 2.87. The van der Waals surface area contributed by atoms with Crippen molar-refractivity contribution in [3.8, 4) is 11.3 Å². The van der Waals surface area contributed by atoms with Crippen molar-refractivity contribution >= 4 is 38.7 Å². The Morgan fingerprint density at radius 1 is 1.08 bits per heavy atom. The zero-order valence-electron chi connectivity index (χ0n) is 14.4. The first-order chi connectivity index (χ1) is 12.5. The number of nitrogens with zero attached hydrogens (tertiary/aromatic N) is 2. The maximum absolute atomic E-state index is 12.6. The van der Waals surface area contributed by atoms with Gasteiger partial charge in [-0.2, -0.15) is 0 Å². The molecule has 0 spiro atoms. The number of likely N-dealkylation sites (N-methyl/N-ethyl adjacent to an activating group) is 1. The largest absolute Gasteiger partial charge is 0.452 e. The standard InChI is InChI=1S/C20H17BrN2O3/c1-23(2)19(24)12-26-20(25)16-11-18(13-6-5-7-14(21)10-13)22-17-9-4-3-8-15(16)17/h3-11H,12H2,1-2H3. The van der Waals surface area contributed by atoms with E-state index in [9.17, 15) is 9.59 Å². The second kappa shape index (κ2) is 7.66. The number of aromatic nitrogens is 1. The first-order valence-electron chi connectivity index (χ1n) is 7.98. The van der Waals surface area contributed by atoms with Gasteiger partial charge < -0.3 is 9.64 Å². The summed E-state index contributed by atoms with van der Waals surface area (Å²) in [5.74, 6) is -0.820. The van der Waals surface area contributed by atoms with Gasteiger partial charge in [-0.05, 0) is 24.3 Å². The van der Waals surface area contributed by atoms with Crippen molar-refractivity contribution in [2.24, 2.45) is 0 Å². The molecule has 0 unspecified atom stereocenters. The SMILES string of the molecule is CN(C)C(=O)COC(=O)c1cc(-c2cccc(Br)c2)nc2ccccc12. The molecule has 0 atom stereocenters. The van der Waals surface area contributed by atoms with Gasteiger partial charge in [0.2, 0.25) is 0 Å². The van der Waals surface area contributed by atoms with Crippen LogP contribution in [0.25, 0.3) is 22.2 Å². The third-order valence-electron chi connectivity index (χ3n) is 3.88. The number of ether oxygens (including phenoxy) is 1. The monoisotopic (exact) mass is 412 g/mol. The molecule has 0 bridgehead atoms. The zero-order valence-corrected chi connectivity index (χ0v) is 16.0. The summed E-state index contributed by atoms with van der Waals surface area (Å²) in [6.07, 6.45) is 0. The Morgan fingerprint density at radius 2 is 1.85 bits per heavy atom. The lowest BCUT2D eigenvalue weighted by Crippen LogP contribution is -2.27. The molecule has 1 amide bonds. The van der Waals surface area contributed by atoms with Crippen molar-refractivity contribution in [2.45, 2.75) is 0 Å². The van der Waals surface area contributed by atoms with Crippen LogP contribution in [-0.2, 0) is 9.53 Å². The van der Waals surface area contributed by atoms with Gasteiger partial charge in [-0.1, -0.05) is 46.3 Å². The van der Waals surface area contributed by atoms with Crippen LogP contribution in [0.15, 0.2) is 59.1 Å². The van der Waals surface area contributed by atoms with E-state index in [-0.39, 0.29) is 12.5 Å². The van der Waals surface area contributed by atoms with Crippen LogP contribution in [0.3, 0.4) is 0 Å². The number of halogens is 1. The molecule has 5 nitrogen and oxygen atoms in total. The molecule has 0 radical (unpaired) electrons. The number of rotatable bonds is 4. The van der Waals surface area contributed by atoms with Crippen LogP contribution in [0.5, 0.6) is 0 Å². The Balaban J connectivity index is 2.03. The van der Waals surface area contributed by atoms with Crippen molar-refractivity contribution in [3.05, 3.63) is 64.6 Å². The van der Waals surface area contributed by atoms with Crippen molar-refractivity contribution in [2.75, 3.05) is 20.7 Å². The number of carbonyl (C=O) groups is 2. The number of pyridine rings is 1. The third kappa shape index (κ3) is 3.91. The van der Waals surface area contributed by atoms with Gasteiger partial charge in [-0.3, -0.25) is 4.79 Å². The number of carbonyl (C=O) groups excluding carboxylic acids is 2. The summed E-state index contributed by atoms with van der Waals surface area (Å²) in [5.41, 5.74) is 2.62. The minimum absolute atomic E-state index is 0.274. The van der Waals surface area contributed by atoms with Crippen LogP contribution in [0.4, 0.5) is 0 Å². The van der Waals surface area contributed by atoms with Gasteiger partial charge >= 0.3 is 5.97 Å². The molecule has 3 rings (SSSR count). The van der Waals surface area contributed by atoms with Crippen molar-refractivity contribution in [3.63, 3.8) is 0 Å². The fourth-order valence-electron chi connectivity index (χ4n) is 2.47. The number of benzene rings is 2. The third-order valence-corrected chi connectivity index (χ3v) is 4.38. The summed E-state index contributed by atoms with van der Waals surface area (Å²) >= 11 is 3.45. The summed E-state index contributed by atoms with van der Waals surface area (Å²) in [6.45, 7) is -0.297. The van der Waals surface area contributed by atoms with E-state index < -0.39 is 5.97 Å². The molecule has 0 aliphatic heterocycles. The second-order valence-corrected chi connectivity index (χ2v) is 6.86. The quantitative estimate of drug-likeness (QED) is 0.609. The number of hydrogen-bond donors (Lipinski definition) is 0. The lowest BCUT2D eigenvalue weighted by molar-refractivity contribution is -0.131. The maximum atomic E-state index is 12.6. The molecule has 1 aromatic heterocycles. The Bertz CT molecular complexity index is 986. The van der Waals surface area contributed by atoms with Crippen molar-refractivity contribution < 1.29 is 14.3 Å². The molecule has 0 aliphatic carbocycles. The lowest BCUT2D eigenvalue weighted by atomic mass is 10.0. The van der Waals surface area contributed by atoms with Gasteiger partial charge in [0.25, 0.3) is 5.91 Å². The van der Waals surface area contributed by atoms with Crippen LogP contribution in [0.2, 0.25) is 0 Å². The van der Waals surface area contributed by atoms with E-state index in [4.69, 9.17) is 4.74 Å². The molecular formula is C20H17BrN2O3. The number of para-hydroxylation sites is 1. The van der Waals surface area contributed by atoms with Gasteiger partial charge in [0.1, 0.15) is 0 Å². The van der Waals surface area contributed by atoms with E-state index >= 15 is 0 Å². The summed E-state index contributed by atoms with van der Waals surface area (Å²) in [7, 11) is 3.23. The summed E-state index contributed by atoms with van der Waals surface area (Å²) < 4.78 is 6.13. The first-order valence-corrected chi connectivity index (χ1v) is 8.78. The molecular weight excluding hydrogens is 396 g/mol. The van der Waals surface area contributed by atoms with Gasteiger partial charge in [-0.25, -0.2) is 9.78 Å². The normalized spacial score (nSPS) is 10.6. The fraction of sp³-hybridized carbons (Fsp3) is 0.150. The first kappa shape index (κ1) is 18.1. The molecule has 0 N–H and O–H groups in total. The average Bonchev–Trinajstić information content (AvgIpc) is 2.64. The maximum Gasteiger partial charge on any atom is 0.339 e. The van der Waals surface area contributed by atoms with Crippen molar-refractivity contribution in [1.29, 1.82) is 0 Å². The van der Waals surface area contributed by atoms with E-state index in [1.165, 1.54) is 4.90 Å². The van der Waals surface area contributed by atoms with Crippen LogP contribution in [0, 0.1) is 0 Å². The number of fused-ring (bicyclic) bond motifs is 1. The molecule has 0 saturated carbocycles. The minimum Gasteiger partial charge on any atom is -0.452 e. The molecule has 1 heterocycles. The van der Waals surface area contributed by atoms with E-state index in [2.05, 4.69) is 20.9 Å². The summed E-state index contributed by atoms with van der Waals surface area (Å²) in [4.78, 5) is 30.3. The van der Waals surface area contributed by atoms with Crippen LogP contribution >= 0.6 is 15.9 Å². The Labute approximate surface area is 159 Å². The summed E-state index contributed by atoms with van der Waals surface area (Å²) in [5, 5.41) is 0.688. The lowest BCUT2D eigenvalue weighted by Gasteiger charge is -2.12. The molecule has 6 heteroatoms. The van der Waals surface area contributed by atoms with Crippen LogP contribution < -0.4 is 0 Å². The number of amides is 1. The zero-order chi connectivity index (χ0) is 18.7. The smallest absolute Gasteiger partial charge is 0.339 e. The molecule has 2 aromatic carbocycles. The van der Waals surface area contributed by atoms with Gasteiger partial charge in [-0.15, -0.1) is 0 Å². The predicted octanol–water partition coefficient (Wildman–Crippen LogP) is 3.91. The van der Waals surface area contributed by atoms with Gasteiger partial charge in [0.05, 0.1) is 16.8 Å². The van der Waals surface area contributed by atoms with Crippen LogP contribution in [0.1, 0.15) is 10.4 Å². The predicted molar refractivity (Wildman–Crippen MR) is 104 cm³/mol. The topological polar surface area (TPSA) is 59.5 Å². The molecule has 0 fully saturated rings. The van der Waals surface area contributed by atoms with Gasteiger partial charge in [0, 0.05) is 29.5 Å². The highest BCUT2D eigenvalue weighted by atomic mass is 79.9. The highest BCUT2D eigenvalue weighted by molar-refractivity contribution is 9.10. The number of esters is 1. The van der Waals surface area contributed by atoms with Gasteiger partial charge in [0.15, 0.2) is 6.61 Å². The number of hydrogen-bond acceptors (Lipinski definition) is 4. The molecule has 26 heavy (non-hydrogen) atoms.